The Morgan fingerprint density at radius 1 is 1.09 bits per heavy atom. The molecule has 2 heterocycles. The van der Waals surface area contributed by atoms with E-state index in [1.165, 1.54) is 0 Å². The highest BCUT2D eigenvalue weighted by Crippen LogP contribution is 2.22. The Bertz CT molecular complexity index is 1050. The molecule has 0 aliphatic carbocycles. The average Bonchev–Trinajstić information content (AvgIpc) is 3.27. The van der Waals surface area contributed by atoms with E-state index in [1.807, 2.05) is 75.4 Å². The fourth-order valence-corrected chi connectivity index (χ4v) is 3.78. The fourth-order valence-electron chi connectivity index (χ4n) is 3.78. The van der Waals surface area contributed by atoms with Crippen LogP contribution in [0.2, 0.25) is 0 Å². The van der Waals surface area contributed by atoms with Gasteiger partial charge in [-0.05, 0) is 63.4 Å². The molecule has 1 aliphatic rings. The monoisotopic (exact) mass is 464 g/mol. The summed E-state index contributed by atoms with van der Waals surface area (Å²) in [5.41, 5.74) is 1.51. The second-order valence-corrected chi connectivity index (χ2v) is 9.51. The van der Waals surface area contributed by atoms with Gasteiger partial charge in [0.05, 0.1) is 6.54 Å². The van der Waals surface area contributed by atoms with Crippen LogP contribution >= 0.6 is 0 Å². The van der Waals surface area contributed by atoms with Crippen molar-refractivity contribution < 1.29 is 18.8 Å². The van der Waals surface area contributed by atoms with Gasteiger partial charge in [0.1, 0.15) is 18.0 Å². The molecule has 1 aromatic heterocycles. The number of carbonyl (C=O) groups is 1. The first-order chi connectivity index (χ1) is 16.3. The summed E-state index contributed by atoms with van der Waals surface area (Å²) in [6.07, 6.45) is 1.35. The van der Waals surface area contributed by atoms with E-state index in [4.69, 9.17) is 14.0 Å². The van der Waals surface area contributed by atoms with Gasteiger partial charge in [0.2, 0.25) is 11.7 Å². The van der Waals surface area contributed by atoms with Crippen molar-refractivity contribution in [3.8, 4) is 17.1 Å². The predicted octanol–water partition coefficient (Wildman–Crippen LogP) is 4.80. The molecule has 180 valence electrons. The van der Waals surface area contributed by atoms with E-state index in [0.29, 0.717) is 24.9 Å². The number of amides is 1. The number of nitrogens with one attached hydrogen (secondary N) is 1. The largest absolute Gasteiger partial charge is 0.489 e. The summed E-state index contributed by atoms with van der Waals surface area (Å²) in [6, 6.07) is 17.9. The smallest absolute Gasteiger partial charge is 0.407 e. The Hall–Kier alpha value is -3.39. The third-order valence-electron chi connectivity index (χ3n) is 5.50. The number of hydrogen-bond acceptors (Lipinski definition) is 7. The second kappa shape index (κ2) is 10.7. The molecule has 1 N–H and O–H groups in total. The molecule has 0 unspecified atom stereocenters. The van der Waals surface area contributed by atoms with Crippen LogP contribution in [0, 0.1) is 0 Å². The van der Waals surface area contributed by atoms with Crippen LogP contribution in [0.3, 0.4) is 0 Å². The van der Waals surface area contributed by atoms with Crippen LogP contribution in [0.5, 0.6) is 5.75 Å². The third kappa shape index (κ3) is 7.05. The molecule has 3 aromatic rings. The highest BCUT2D eigenvalue weighted by atomic mass is 16.6. The maximum Gasteiger partial charge on any atom is 0.407 e. The summed E-state index contributed by atoms with van der Waals surface area (Å²) in [5.74, 6) is 1.93. The maximum atomic E-state index is 12.0. The lowest BCUT2D eigenvalue weighted by atomic mass is 10.1. The first kappa shape index (κ1) is 23.8. The van der Waals surface area contributed by atoms with Gasteiger partial charge in [0.25, 0.3) is 0 Å². The van der Waals surface area contributed by atoms with Crippen LogP contribution in [-0.2, 0) is 17.9 Å². The highest BCUT2D eigenvalue weighted by Gasteiger charge is 2.24. The number of ether oxygens (including phenoxy) is 2. The second-order valence-electron chi connectivity index (χ2n) is 9.51. The van der Waals surface area contributed by atoms with Crippen molar-refractivity contribution in [2.45, 2.75) is 58.4 Å². The van der Waals surface area contributed by atoms with Crippen LogP contribution in [0.15, 0.2) is 59.1 Å². The fraction of sp³-hybridized carbons (Fsp3) is 0.423. The van der Waals surface area contributed by atoms with Gasteiger partial charge < -0.3 is 19.3 Å². The van der Waals surface area contributed by atoms with Crippen LogP contribution in [0.25, 0.3) is 11.4 Å². The van der Waals surface area contributed by atoms with Gasteiger partial charge in [-0.1, -0.05) is 35.5 Å². The minimum Gasteiger partial charge on any atom is -0.489 e. The van der Waals surface area contributed by atoms with Gasteiger partial charge in [-0.25, -0.2) is 4.79 Å². The zero-order chi connectivity index (χ0) is 24.0. The van der Waals surface area contributed by atoms with Crippen molar-refractivity contribution in [2.75, 3.05) is 13.1 Å². The van der Waals surface area contributed by atoms with Crippen molar-refractivity contribution in [1.29, 1.82) is 0 Å². The summed E-state index contributed by atoms with van der Waals surface area (Å²) >= 11 is 0. The minimum absolute atomic E-state index is 0.118. The number of carbonyl (C=O) groups excluding carboxylic acids is 1. The molecule has 1 saturated heterocycles. The van der Waals surface area contributed by atoms with Crippen molar-refractivity contribution in [3.63, 3.8) is 0 Å². The number of aromatic nitrogens is 2. The zero-order valence-electron chi connectivity index (χ0n) is 20.0. The molecule has 1 amide bonds. The van der Waals surface area contributed by atoms with E-state index in [9.17, 15) is 4.79 Å². The molecule has 0 spiro atoms. The van der Waals surface area contributed by atoms with Crippen molar-refractivity contribution in [3.05, 3.63) is 66.1 Å². The zero-order valence-corrected chi connectivity index (χ0v) is 20.0. The molecule has 4 rings (SSSR count). The first-order valence-electron chi connectivity index (χ1n) is 11.7. The Labute approximate surface area is 200 Å². The van der Waals surface area contributed by atoms with Gasteiger partial charge in [0.15, 0.2) is 0 Å². The van der Waals surface area contributed by atoms with Crippen LogP contribution in [-0.4, -0.2) is 45.9 Å². The minimum atomic E-state index is -0.490. The van der Waals surface area contributed by atoms with Gasteiger partial charge in [-0.2, -0.15) is 4.98 Å². The summed E-state index contributed by atoms with van der Waals surface area (Å²) in [5, 5.41) is 7.10. The molecule has 0 bridgehead atoms. The average molecular weight is 465 g/mol. The van der Waals surface area contributed by atoms with Gasteiger partial charge >= 0.3 is 6.09 Å². The summed E-state index contributed by atoms with van der Waals surface area (Å²) < 4.78 is 16.7. The van der Waals surface area contributed by atoms with Crippen molar-refractivity contribution in [1.82, 2.24) is 20.4 Å². The molecule has 0 radical (unpaired) electrons. The Balaban J connectivity index is 1.23. The number of piperidine rings is 1. The molecule has 0 atom stereocenters. The third-order valence-corrected chi connectivity index (χ3v) is 5.50. The van der Waals surface area contributed by atoms with Crippen LogP contribution in [0.1, 0.15) is 45.1 Å². The standard InChI is InChI=1S/C26H32N4O4/c1-26(2,3)33-25(31)27-21-13-15-30(16-14-21)17-23-28-24(29-34-23)20-9-11-22(12-10-20)32-18-19-7-5-4-6-8-19/h4-12,21H,13-18H2,1-3H3,(H,27,31). The Morgan fingerprint density at radius 3 is 2.47 bits per heavy atom. The number of hydrogen-bond donors (Lipinski definition) is 1. The molecule has 1 fully saturated rings. The summed E-state index contributed by atoms with van der Waals surface area (Å²) in [4.78, 5) is 18.8. The molecular weight excluding hydrogens is 432 g/mol. The van der Waals surface area contributed by atoms with Crippen LogP contribution < -0.4 is 10.1 Å². The topological polar surface area (TPSA) is 89.7 Å². The molecule has 0 saturated carbocycles. The van der Waals surface area contributed by atoms with Gasteiger partial charge in [-0.3, -0.25) is 4.90 Å². The first-order valence-corrected chi connectivity index (χ1v) is 11.7. The lowest BCUT2D eigenvalue weighted by molar-refractivity contribution is 0.0475. The molecule has 8 nitrogen and oxygen atoms in total. The normalized spacial score (nSPS) is 15.1. The Morgan fingerprint density at radius 2 is 1.79 bits per heavy atom. The SMILES string of the molecule is CC(C)(C)OC(=O)NC1CCN(Cc2nc(-c3ccc(OCc4ccccc4)cc3)no2)CC1. The Kier molecular flexibility index (Phi) is 7.47. The van der Waals surface area contributed by atoms with E-state index in [1.54, 1.807) is 0 Å². The number of benzene rings is 2. The van der Waals surface area contributed by atoms with Crippen LogP contribution in [0.4, 0.5) is 4.79 Å². The number of rotatable bonds is 7. The maximum absolute atomic E-state index is 12.0. The molecule has 34 heavy (non-hydrogen) atoms. The van der Waals surface area contributed by atoms with E-state index in [-0.39, 0.29) is 12.1 Å². The number of nitrogens with zero attached hydrogens (tertiary/aromatic N) is 3. The van der Waals surface area contributed by atoms with E-state index in [2.05, 4.69) is 20.4 Å². The van der Waals surface area contributed by atoms with E-state index < -0.39 is 5.60 Å². The molecular formula is C26H32N4O4. The molecule has 1 aliphatic heterocycles. The van der Waals surface area contributed by atoms with E-state index >= 15 is 0 Å². The lowest BCUT2D eigenvalue weighted by Gasteiger charge is -2.31. The number of alkyl carbamates (subject to hydrolysis) is 1. The molecule has 2 aromatic carbocycles. The van der Waals surface area contributed by atoms with Crippen molar-refractivity contribution in [2.24, 2.45) is 0 Å². The summed E-state index contributed by atoms with van der Waals surface area (Å²) in [6.45, 7) is 8.38. The number of likely N-dealkylation sites (tertiary alicyclic amines) is 1. The highest BCUT2D eigenvalue weighted by molar-refractivity contribution is 5.68. The van der Waals surface area contributed by atoms with Gasteiger partial charge in [0, 0.05) is 24.7 Å². The summed E-state index contributed by atoms with van der Waals surface area (Å²) in [7, 11) is 0. The predicted molar refractivity (Wildman–Crippen MR) is 128 cm³/mol. The quantitative estimate of drug-likeness (QED) is 0.537. The van der Waals surface area contributed by atoms with Crippen molar-refractivity contribution >= 4 is 6.09 Å². The lowest BCUT2D eigenvalue weighted by Crippen LogP contribution is -2.45. The van der Waals surface area contributed by atoms with Gasteiger partial charge in [-0.15, -0.1) is 0 Å². The van der Waals surface area contributed by atoms with E-state index in [0.717, 1.165) is 42.8 Å². The molecule has 8 heteroatoms.